The van der Waals surface area contributed by atoms with Crippen LogP contribution in [0.2, 0.25) is 0 Å². The lowest BCUT2D eigenvalue weighted by Crippen LogP contribution is -2.39. The molecule has 1 aliphatic rings. The second-order valence-corrected chi connectivity index (χ2v) is 16.4. The first-order valence-corrected chi connectivity index (χ1v) is 16.8. The van der Waals surface area contributed by atoms with Gasteiger partial charge in [-0.3, -0.25) is 9.59 Å². The van der Waals surface area contributed by atoms with Crippen molar-refractivity contribution in [3.63, 3.8) is 0 Å². The van der Waals surface area contributed by atoms with Crippen LogP contribution in [-0.4, -0.2) is 160 Å². The Morgan fingerprint density at radius 1 is 0.467 bits per heavy atom. The van der Waals surface area contributed by atoms with Gasteiger partial charge in [0.25, 0.3) is 0 Å². The first-order valence-electron chi connectivity index (χ1n) is 16.8. The molecule has 3 rings (SSSR count). The van der Waals surface area contributed by atoms with Crippen LogP contribution in [-0.2, 0) is 0 Å². The van der Waals surface area contributed by atoms with Gasteiger partial charge in [0.05, 0.1) is 83.1 Å². The van der Waals surface area contributed by atoms with Crippen molar-refractivity contribution in [1.29, 1.82) is 0 Å². The van der Waals surface area contributed by atoms with Gasteiger partial charge >= 0.3 is 0 Å². The smallest absolute Gasteiger partial charge is 0.194 e. The van der Waals surface area contributed by atoms with Crippen LogP contribution in [0, 0.1) is 0 Å². The molecule has 250 valence electrons. The summed E-state index contributed by atoms with van der Waals surface area (Å²) in [6, 6.07) is 11.8. The summed E-state index contributed by atoms with van der Waals surface area (Å²) in [7, 11) is 24.2. The van der Waals surface area contributed by atoms with E-state index in [-0.39, 0.29) is 11.6 Å². The third-order valence-corrected chi connectivity index (χ3v) is 8.52. The Morgan fingerprint density at radius 3 is 1.11 bits per heavy atom. The van der Waals surface area contributed by atoms with Gasteiger partial charge in [-0.05, 0) is 63.5 Å². The highest BCUT2D eigenvalue weighted by molar-refractivity contribution is 6.28. The number of hydrogen-bond donors (Lipinski definition) is 0. The van der Waals surface area contributed by atoms with Crippen LogP contribution in [0.15, 0.2) is 36.4 Å². The van der Waals surface area contributed by atoms with Gasteiger partial charge in [-0.25, -0.2) is 0 Å². The number of rotatable bonds is 18. The average molecular weight is 624 g/mol. The van der Waals surface area contributed by atoms with Crippen molar-refractivity contribution >= 4 is 22.9 Å². The van der Waals surface area contributed by atoms with Crippen LogP contribution in [0.1, 0.15) is 57.5 Å². The molecule has 0 aromatic heterocycles. The Bertz CT molecular complexity index is 1280. The second-order valence-electron chi connectivity index (χ2n) is 16.4. The van der Waals surface area contributed by atoms with Crippen molar-refractivity contribution < 1.29 is 23.0 Å². The predicted molar refractivity (Wildman–Crippen MR) is 190 cm³/mol. The van der Waals surface area contributed by atoms with Crippen LogP contribution < -0.4 is 9.80 Å². The second kappa shape index (κ2) is 15.2. The van der Waals surface area contributed by atoms with Crippen molar-refractivity contribution in [3.05, 3.63) is 58.7 Å². The molecule has 0 heterocycles. The van der Waals surface area contributed by atoms with Crippen LogP contribution in [0.3, 0.4) is 0 Å². The van der Waals surface area contributed by atoms with Gasteiger partial charge in [-0.1, -0.05) is 0 Å². The van der Waals surface area contributed by atoms with E-state index in [2.05, 4.69) is 98.3 Å². The highest BCUT2D eigenvalue weighted by atomic mass is 16.1. The first kappa shape index (κ1) is 36.7. The van der Waals surface area contributed by atoms with Crippen molar-refractivity contribution in [2.24, 2.45) is 0 Å². The van der Waals surface area contributed by atoms with E-state index in [1.54, 1.807) is 0 Å². The number of quaternary nitrogens is 3. The van der Waals surface area contributed by atoms with Crippen molar-refractivity contribution in [1.82, 2.24) is 4.90 Å². The van der Waals surface area contributed by atoms with Crippen LogP contribution in [0.4, 0.5) is 11.4 Å². The Morgan fingerprint density at radius 2 is 0.800 bits per heavy atom. The predicted octanol–water partition coefficient (Wildman–Crippen LogP) is 4.32. The van der Waals surface area contributed by atoms with E-state index >= 15 is 0 Å². The van der Waals surface area contributed by atoms with Crippen LogP contribution in [0.5, 0.6) is 0 Å². The number of carbonyl (C=O) groups is 2. The third kappa shape index (κ3) is 11.5. The zero-order valence-electron chi connectivity index (χ0n) is 30.4. The third-order valence-electron chi connectivity index (χ3n) is 8.52. The Kier molecular flexibility index (Phi) is 12.4. The normalized spacial score (nSPS) is 13.7. The summed E-state index contributed by atoms with van der Waals surface area (Å²) in [5.41, 5.74) is 4.17. The van der Waals surface area contributed by atoms with E-state index < -0.39 is 0 Å². The van der Waals surface area contributed by atoms with E-state index in [9.17, 15) is 9.59 Å². The van der Waals surface area contributed by atoms with E-state index in [1.165, 1.54) is 0 Å². The van der Waals surface area contributed by atoms with Gasteiger partial charge in [0.1, 0.15) is 0 Å². The molecule has 2 aromatic carbocycles. The van der Waals surface area contributed by atoms with Crippen LogP contribution >= 0.6 is 0 Å². The minimum absolute atomic E-state index is 0.0464. The van der Waals surface area contributed by atoms with Gasteiger partial charge in [0.15, 0.2) is 11.6 Å². The summed E-state index contributed by atoms with van der Waals surface area (Å²) in [4.78, 5) is 34.9. The monoisotopic (exact) mass is 623 g/mol. The number of carbonyl (C=O) groups excluding carboxylic acids is 2. The zero-order chi connectivity index (χ0) is 33.6. The molecule has 8 heteroatoms. The Labute approximate surface area is 274 Å². The molecule has 0 N–H and O–H groups in total. The first-order chi connectivity index (χ1) is 20.8. The fraction of sp³-hybridized carbons (Fsp3) is 0.622. The molecule has 8 nitrogen and oxygen atoms in total. The Balaban J connectivity index is 1.88. The van der Waals surface area contributed by atoms with Crippen molar-refractivity contribution in [3.8, 4) is 0 Å². The molecular weight excluding hydrogens is 560 g/mol. The highest BCUT2D eigenvalue weighted by Gasteiger charge is 2.31. The molecular formula is C37H63N6O2+3. The minimum Gasteiger partial charge on any atom is -0.371 e. The molecule has 0 unspecified atom stereocenters. The number of hydrogen-bond acceptors (Lipinski definition) is 5. The number of benzene rings is 2. The lowest BCUT2D eigenvalue weighted by molar-refractivity contribution is -0.870. The summed E-state index contributed by atoms with van der Waals surface area (Å²) in [6.45, 7) is 7.90. The quantitative estimate of drug-likeness (QED) is 0.198. The van der Waals surface area contributed by atoms with Gasteiger partial charge in [0.2, 0.25) is 0 Å². The largest absolute Gasteiger partial charge is 0.371 e. The molecule has 1 aliphatic carbocycles. The fourth-order valence-electron chi connectivity index (χ4n) is 6.05. The summed E-state index contributed by atoms with van der Waals surface area (Å²) in [5.74, 6) is -0.0935. The van der Waals surface area contributed by atoms with Crippen LogP contribution in [0.25, 0.3) is 0 Å². The van der Waals surface area contributed by atoms with Gasteiger partial charge in [0, 0.05) is 79.1 Å². The van der Waals surface area contributed by atoms with E-state index in [0.717, 1.165) is 103 Å². The molecule has 0 fully saturated rings. The SMILES string of the molecule is CN(C)CCCN(CCC[N+](C)(C)C)c1ccc2c(c1)C(=O)c1ccc(N(CCC[N+](C)(C)C)CCC[N+](C)(C)C)cc1C2=O. The van der Waals surface area contributed by atoms with E-state index in [0.29, 0.717) is 22.3 Å². The molecule has 0 aliphatic heterocycles. The molecule has 2 aromatic rings. The molecule has 0 atom stereocenters. The van der Waals surface area contributed by atoms with Gasteiger partial charge < -0.3 is 28.1 Å². The topological polar surface area (TPSA) is 43.9 Å². The maximum absolute atomic E-state index is 13.9. The Hall–Kier alpha value is -2.78. The zero-order valence-corrected chi connectivity index (χ0v) is 30.4. The van der Waals surface area contributed by atoms with Crippen molar-refractivity contribution in [2.45, 2.75) is 25.7 Å². The minimum atomic E-state index is -0.0470. The number of ketones is 2. The van der Waals surface area contributed by atoms with Crippen molar-refractivity contribution in [2.75, 3.05) is 140 Å². The fourth-order valence-corrected chi connectivity index (χ4v) is 6.05. The average Bonchev–Trinajstić information content (AvgIpc) is 2.91. The van der Waals surface area contributed by atoms with E-state index in [4.69, 9.17) is 0 Å². The summed E-state index contributed by atoms with van der Waals surface area (Å²) in [6.07, 6.45) is 4.21. The summed E-state index contributed by atoms with van der Waals surface area (Å²) >= 11 is 0. The lowest BCUT2D eigenvalue weighted by atomic mass is 9.83. The van der Waals surface area contributed by atoms with E-state index in [1.807, 2.05) is 30.3 Å². The molecule has 0 saturated carbocycles. The standard InChI is InChI=1S/C37H63N6O2/c1-38(2)20-12-21-39(22-13-25-41(3,4)5)30-16-18-32-34(28-30)36(44)33-19-17-31(29-35(33)37(32)45)40(23-14-26-42(6,7)8)24-15-27-43(9,10)11/h16-19,28-29H,12-15,20-27H2,1-11H3/q+3. The molecule has 45 heavy (non-hydrogen) atoms. The maximum atomic E-state index is 13.9. The molecule has 0 spiro atoms. The summed E-state index contributed by atoms with van der Waals surface area (Å²) in [5, 5.41) is 0. The molecule has 0 bridgehead atoms. The molecule has 0 radical (unpaired) electrons. The molecule has 0 amide bonds. The number of anilines is 2. The maximum Gasteiger partial charge on any atom is 0.194 e. The summed E-state index contributed by atoms with van der Waals surface area (Å²) < 4.78 is 2.77. The highest BCUT2D eigenvalue weighted by Crippen LogP contribution is 2.33. The number of fused-ring (bicyclic) bond motifs is 2. The lowest BCUT2D eigenvalue weighted by Gasteiger charge is -2.31. The van der Waals surface area contributed by atoms with Gasteiger partial charge in [-0.15, -0.1) is 0 Å². The van der Waals surface area contributed by atoms with Gasteiger partial charge in [-0.2, -0.15) is 0 Å². The molecule has 0 saturated heterocycles. The number of nitrogens with zero attached hydrogens (tertiary/aromatic N) is 6.